The average molecular weight is 318 g/mol. The molecule has 0 bridgehead atoms. The molecular formula is C19H30N2O2. The van der Waals surface area contributed by atoms with E-state index in [2.05, 4.69) is 19.2 Å². The van der Waals surface area contributed by atoms with Gasteiger partial charge in [-0.1, -0.05) is 38.8 Å². The van der Waals surface area contributed by atoms with E-state index in [1.807, 2.05) is 24.3 Å². The van der Waals surface area contributed by atoms with Crippen LogP contribution in [-0.4, -0.2) is 25.1 Å². The van der Waals surface area contributed by atoms with Crippen molar-refractivity contribution in [2.75, 3.05) is 13.2 Å². The Labute approximate surface area is 139 Å². The molecule has 3 N–H and O–H groups in total. The SMILES string of the molecule is CC(C)COc1ccc(CC(=O)NC2CCCCC2CN)cc1. The van der Waals surface area contributed by atoms with Crippen molar-refractivity contribution in [2.45, 2.75) is 52.0 Å². The van der Waals surface area contributed by atoms with E-state index in [4.69, 9.17) is 10.5 Å². The molecular weight excluding hydrogens is 288 g/mol. The molecule has 0 spiro atoms. The standard InChI is InChI=1S/C19H30N2O2/c1-14(2)13-23-17-9-7-15(8-10-17)11-19(22)21-18-6-4-3-5-16(18)12-20/h7-10,14,16,18H,3-6,11-13,20H2,1-2H3,(H,21,22). The molecule has 1 aliphatic rings. The third kappa shape index (κ3) is 5.87. The van der Waals surface area contributed by atoms with Gasteiger partial charge in [0.1, 0.15) is 5.75 Å². The van der Waals surface area contributed by atoms with Crippen LogP contribution in [0.5, 0.6) is 5.75 Å². The fourth-order valence-corrected chi connectivity index (χ4v) is 3.09. The highest BCUT2D eigenvalue weighted by atomic mass is 16.5. The van der Waals surface area contributed by atoms with E-state index in [9.17, 15) is 4.79 Å². The van der Waals surface area contributed by atoms with Gasteiger partial charge in [-0.15, -0.1) is 0 Å². The molecule has 0 heterocycles. The number of benzene rings is 1. The lowest BCUT2D eigenvalue weighted by Gasteiger charge is -2.31. The lowest BCUT2D eigenvalue weighted by atomic mass is 9.84. The quantitative estimate of drug-likeness (QED) is 0.812. The summed E-state index contributed by atoms with van der Waals surface area (Å²) in [5.74, 6) is 1.88. The minimum absolute atomic E-state index is 0.0891. The molecule has 0 aromatic heterocycles. The van der Waals surface area contributed by atoms with Crippen molar-refractivity contribution in [1.29, 1.82) is 0 Å². The Morgan fingerprint density at radius 2 is 1.96 bits per heavy atom. The van der Waals surface area contributed by atoms with Crippen LogP contribution in [-0.2, 0) is 11.2 Å². The highest BCUT2D eigenvalue weighted by Gasteiger charge is 2.25. The van der Waals surface area contributed by atoms with Gasteiger partial charge in [-0.25, -0.2) is 0 Å². The summed E-state index contributed by atoms with van der Waals surface area (Å²) in [7, 11) is 0. The summed E-state index contributed by atoms with van der Waals surface area (Å²) in [5.41, 5.74) is 6.84. The Bertz CT molecular complexity index is 485. The smallest absolute Gasteiger partial charge is 0.224 e. The third-order valence-electron chi connectivity index (χ3n) is 4.43. The van der Waals surface area contributed by atoms with Gasteiger partial charge in [0.25, 0.3) is 0 Å². The number of nitrogens with one attached hydrogen (secondary N) is 1. The summed E-state index contributed by atoms with van der Waals surface area (Å²) in [6.45, 7) is 5.62. The van der Waals surface area contributed by atoms with Gasteiger partial charge in [-0.05, 0) is 48.9 Å². The molecule has 23 heavy (non-hydrogen) atoms. The maximum Gasteiger partial charge on any atom is 0.224 e. The average Bonchev–Trinajstić information content (AvgIpc) is 2.54. The van der Waals surface area contributed by atoms with Crippen LogP contribution in [0.1, 0.15) is 45.1 Å². The first kappa shape index (κ1) is 17.8. The van der Waals surface area contributed by atoms with Crippen molar-refractivity contribution in [1.82, 2.24) is 5.32 Å². The largest absolute Gasteiger partial charge is 0.493 e. The molecule has 2 atom stereocenters. The molecule has 1 fully saturated rings. The van der Waals surface area contributed by atoms with E-state index in [0.29, 0.717) is 31.4 Å². The second-order valence-electron chi connectivity index (χ2n) is 6.98. The van der Waals surface area contributed by atoms with Gasteiger partial charge in [0.05, 0.1) is 13.0 Å². The Balaban J connectivity index is 1.82. The number of carbonyl (C=O) groups excluding carboxylic acids is 1. The highest BCUT2D eigenvalue weighted by Crippen LogP contribution is 2.23. The van der Waals surface area contributed by atoms with Crippen molar-refractivity contribution < 1.29 is 9.53 Å². The molecule has 0 radical (unpaired) electrons. The predicted molar refractivity (Wildman–Crippen MR) is 93.4 cm³/mol. The number of carbonyl (C=O) groups is 1. The zero-order chi connectivity index (χ0) is 16.7. The summed E-state index contributed by atoms with van der Waals surface area (Å²) in [5, 5.41) is 3.17. The minimum Gasteiger partial charge on any atom is -0.493 e. The van der Waals surface area contributed by atoms with Crippen molar-refractivity contribution in [3.63, 3.8) is 0 Å². The molecule has 1 aliphatic carbocycles. The van der Waals surface area contributed by atoms with Gasteiger partial charge in [0.2, 0.25) is 5.91 Å². The maximum atomic E-state index is 12.3. The number of hydrogen-bond donors (Lipinski definition) is 2. The fraction of sp³-hybridized carbons (Fsp3) is 0.632. The number of hydrogen-bond acceptors (Lipinski definition) is 3. The lowest BCUT2D eigenvalue weighted by Crippen LogP contribution is -2.45. The monoisotopic (exact) mass is 318 g/mol. The minimum atomic E-state index is 0.0891. The van der Waals surface area contributed by atoms with Crippen LogP contribution in [0.3, 0.4) is 0 Å². The first-order chi connectivity index (χ1) is 11.1. The molecule has 0 saturated heterocycles. The second kappa shape index (κ2) is 8.92. The van der Waals surface area contributed by atoms with Crippen LogP contribution in [0.25, 0.3) is 0 Å². The zero-order valence-corrected chi connectivity index (χ0v) is 14.4. The van der Waals surface area contributed by atoms with Crippen LogP contribution in [0, 0.1) is 11.8 Å². The number of amides is 1. The van der Waals surface area contributed by atoms with E-state index in [1.165, 1.54) is 12.8 Å². The Hall–Kier alpha value is -1.55. The molecule has 2 unspecified atom stereocenters. The molecule has 1 saturated carbocycles. The van der Waals surface area contributed by atoms with Gasteiger partial charge in [0, 0.05) is 6.04 Å². The van der Waals surface area contributed by atoms with Crippen LogP contribution >= 0.6 is 0 Å². The number of rotatable bonds is 7. The highest BCUT2D eigenvalue weighted by molar-refractivity contribution is 5.78. The molecule has 1 aromatic carbocycles. The molecule has 0 aliphatic heterocycles. The van der Waals surface area contributed by atoms with E-state index < -0.39 is 0 Å². The molecule has 4 heteroatoms. The summed E-state index contributed by atoms with van der Waals surface area (Å²) in [6.07, 6.45) is 5.01. The van der Waals surface area contributed by atoms with E-state index >= 15 is 0 Å². The fourth-order valence-electron chi connectivity index (χ4n) is 3.09. The summed E-state index contributed by atoms with van der Waals surface area (Å²) >= 11 is 0. The second-order valence-corrected chi connectivity index (χ2v) is 6.98. The molecule has 4 nitrogen and oxygen atoms in total. The maximum absolute atomic E-state index is 12.3. The normalized spacial score (nSPS) is 21.2. The first-order valence-corrected chi connectivity index (χ1v) is 8.79. The Morgan fingerprint density at radius 3 is 2.61 bits per heavy atom. The van der Waals surface area contributed by atoms with Crippen molar-refractivity contribution in [3.05, 3.63) is 29.8 Å². The van der Waals surface area contributed by atoms with E-state index in [-0.39, 0.29) is 11.9 Å². The Kier molecular flexibility index (Phi) is 6.90. The third-order valence-corrected chi connectivity index (χ3v) is 4.43. The molecule has 1 aromatic rings. The summed E-state index contributed by atoms with van der Waals surface area (Å²) < 4.78 is 5.66. The van der Waals surface area contributed by atoms with E-state index in [0.717, 1.165) is 24.2 Å². The van der Waals surface area contributed by atoms with Gasteiger partial charge in [-0.3, -0.25) is 4.79 Å². The summed E-state index contributed by atoms with van der Waals surface area (Å²) in [6, 6.07) is 8.06. The van der Waals surface area contributed by atoms with Crippen molar-refractivity contribution >= 4 is 5.91 Å². The lowest BCUT2D eigenvalue weighted by molar-refractivity contribution is -0.121. The summed E-state index contributed by atoms with van der Waals surface area (Å²) in [4.78, 5) is 12.3. The van der Waals surface area contributed by atoms with Crippen molar-refractivity contribution in [2.24, 2.45) is 17.6 Å². The topological polar surface area (TPSA) is 64.3 Å². The Morgan fingerprint density at radius 1 is 1.26 bits per heavy atom. The van der Waals surface area contributed by atoms with Gasteiger partial charge in [-0.2, -0.15) is 0 Å². The van der Waals surface area contributed by atoms with Gasteiger partial charge >= 0.3 is 0 Å². The molecule has 2 rings (SSSR count). The van der Waals surface area contributed by atoms with Crippen LogP contribution < -0.4 is 15.8 Å². The van der Waals surface area contributed by atoms with Crippen LogP contribution in [0.4, 0.5) is 0 Å². The van der Waals surface area contributed by atoms with Crippen LogP contribution in [0.2, 0.25) is 0 Å². The van der Waals surface area contributed by atoms with Crippen molar-refractivity contribution in [3.8, 4) is 5.75 Å². The van der Waals surface area contributed by atoms with Crippen LogP contribution in [0.15, 0.2) is 24.3 Å². The van der Waals surface area contributed by atoms with Gasteiger partial charge < -0.3 is 15.8 Å². The molecule has 1 amide bonds. The predicted octanol–water partition coefficient (Wildman–Crippen LogP) is 2.90. The number of ether oxygens (including phenoxy) is 1. The zero-order valence-electron chi connectivity index (χ0n) is 14.4. The van der Waals surface area contributed by atoms with E-state index in [1.54, 1.807) is 0 Å². The molecule has 128 valence electrons. The number of nitrogens with two attached hydrogens (primary N) is 1. The first-order valence-electron chi connectivity index (χ1n) is 8.79. The van der Waals surface area contributed by atoms with Gasteiger partial charge in [0.15, 0.2) is 0 Å².